The molecule has 122 valence electrons. The summed E-state index contributed by atoms with van der Waals surface area (Å²) < 4.78 is 28.7. The summed E-state index contributed by atoms with van der Waals surface area (Å²) in [5, 5.41) is 10.4. The van der Waals surface area contributed by atoms with Crippen molar-refractivity contribution in [1.82, 2.24) is 9.13 Å². The standard InChI is InChI=1S/C16H9ClF2N2O3/c17-9-4-6-10(7-5-9)21-13(22)8-20(16(21)24)15(23)14-11(18)2-1-3-12(14)19/h1-8,22H. The first-order valence-corrected chi connectivity index (χ1v) is 7.06. The molecule has 0 saturated heterocycles. The van der Waals surface area contributed by atoms with Gasteiger partial charge in [-0.25, -0.2) is 22.7 Å². The van der Waals surface area contributed by atoms with E-state index in [2.05, 4.69) is 0 Å². The molecule has 3 rings (SSSR count). The lowest BCUT2D eigenvalue weighted by molar-refractivity contribution is 0.0947. The number of carbonyl (C=O) groups excluding carboxylic acids is 1. The number of hydrogen-bond acceptors (Lipinski definition) is 3. The highest BCUT2D eigenvalue weighted by Gasteiger charge is 2.23. The Labute approximate surface area is 139 Å². The van der Waals surface area contributed by atoms with Crippen molar-refractivity contribution in [2.45, 2.75) is 0 Å². The lowest BCUT2D eigenvalue weighted by Crippen LogP contribution is -2.29. The van der Waals surface area contributed by atoms with Gasteiger partial charge in [0.05, 0.1) is 11.9 Å². The van der Waals surface area contributed by atoms with Gasteiger partial charge in [0.25, 0.3) is 5.91 Å². The summed E-state index contributed by atoms with van der Waals surface area (Å²) in [4.78, 5) is 24.7. The second-order valence-electron chi connectivity index (χ2n) is 4.85. The van der Waals surface area contributed by atoms with Crippen LogP contribution < -0.4 is 5.69 Å². The van der Waals surface area contributed by atoms with E-state index in [-0.39, 0.29) is 5.69 Å². The van der Waals surface area contributed by atoms with Gasteiger partial charge in [0.1, 0.15) is 17.2 Å². The monoisotopic (exact) mass is 350 g/mol. The number of carbonyl (C=O) groups is 1. The number of aromatic nitrogens is 2. The average Bonchev–Trinajstić information content (AvgIpc) is 2.83. The summed E-state index contributed by atoms with van der Waals surface area (Å²) in [7, 11) is 0. The molecule has 5 nitrogen and oxygen atoms in total. The molecule has 0 aliphatic heterocycles. The van der Waals surface area contributed by atoms with E-state index in [4.69, 9.17) is 11.6 Å². The molecule has 3 aromatic rings. The largest absolute Gasteiger partial charge is 0.493 e. The van der Waals surface area contributed by atoms with Crippen molar-refractivity contribution in [3.8, 4) is 11.6 Å². The molecule has 0 aliphatic carbocycles. The van der Waals surface area contributed by atoms with Crippen LogP contribution in [0.1, 0.15) is 10.4 Å². The number of nitrogens with zero attached hydrogens (tertiary/aromatic N) is 2. The van der Waals surface area contributed by atoms with E-state index in [1.807, 2.05) is 0 Å². The molecule has 1 aromatic heterocycles. The Morgan fingerprint density at radius 3 is 2.21 bits per heavy atom. The Kier molecular flexibility index (Phi) is 3.94. The van der Waals surface area contributed by atoms with Crippen LogP contribution in [0, 0.1) is 11.6 Å². The highest BCUT2D eigenvalue weighted by molar-refractivity contribution is 6.30. The smallest absolute Gasteiger partial charge is 0.342 e. The van der Waals surface area contributed by atoms with Crippen LogP contribution in [0.25, 0.3) is 5.69 Å². The molecule has 0 fully saturated rings. The Morgan fingerprint density at radius 2 is 1.62 bits per heavy atom. The summed E-state index contributed by atoms with van der Waals surface area (Å²) in [6.45, 7) is 0. The predicted octanol–water partition coefficient (Wildman–Crippen LogP) is 2.96. The average molecular weight is 351 g/mol. The van der Waals surface area contributed by atoms with Gasteiger partial charge in [-0.15, -0.1) is 0 Å². The first kappa shape index (κ1) is 15.9. The van der Waals surface area contributed by atoms with Crippen molar-refractivity contribution in [2.24, 2.45) is 0 Å². The zero-order valence-electron chi connectivity index (χ0n) is 11.9. The summed E-state index contributed by atoms with van der Waals surface area (Å²) in [6.07, 6.45) is 0.797. The topological polar surface area (TPSA) is 64.2 Å². The van der Waals surface area contributed by atoms with Crippen LogP contribution in [0.5, 0.6) is 5.88 Å². The molecule has 0 bridgehead atoms. The van der Waals surface area contributed by atoms with Gasteiger partial charge in [0, 0.05) is 5.02 Å². The molecule has 0 radical (unpaired) electrons. The van der Waals surface area contributed by atoms with E-state index in [0.29, 0.717) is 9.59 Å². The fraction of sp³-hybridized carbons (Fsp3) is 0. The Bertz CT molecular complexity index is 973. The van der Waals surface area contributed by atoms with E-state index >= 15 is 0 Å². The van der Waals surface area contributed by atoms with Crippen molar-refractivity contribution < 1.29 is 18.7 Å². The fourth-order valence-electron chi connectivity index (χ4n) is 2.24. The van der Waals surface area contributed by atoms with E-state index in [9.17, 15) is 23.5 Å². The molecule has 0 aliphatic rings. The van der Waals surface area contributed by atoms with Gasteiger partial charge in [0.15, 0.2) is 0 Å². The number of imidazole rings is 1. The summed E-state index contributed by atoms with van der Waals surface area (Å²) in [6, 6.07) is 8.76. The number of rotatable bonds is 2. The Hall–Kier alpha value is -2.93. The third kappa shape index (κ3) is 2.59. The van der Waals surface area contributed by atoms with E-state index in [1.165, 1.54) is 24.3 Å². The first-order chi connectivity index (χ1) is 11.4. The molecular weight excluding hydrogens is 342 g/mol. The summed E-state index contributed by atoms with van der Waals surface area (Å²) >= 11 is 5.76. The van der Waals surface area contributed by atoms with Crippen LogP contribution in [0.4, 0.5) is 8.78 Å². The van der Waals surface area contributed by atoms with E-state index in [1.54, 1.807) is 0 Å². The van der Waals surface area contributed by atoms with E-state index in [0.717, 1.165) is 29.0 Å². The van der Waals surface area contributed by atoms with Crippen molar-refractivity contribution >= 4 is 17.5 Å². The molecule has 1 heterocycles. The highest BCUT2D eigenvalue weighted by Crippen LogP contribution is 2.19. The number of aromatic hydroxyl groups is 1. The maximum atomic E-state index is 13.7. The lowest BCUT2D eigenvalue weighted by Gasteiger charge is -2.04. The molecule has 1 N–H and O–H groups in total. The van der Waals surface area contributed by atoms with Crippen LogP contribution in [0.15, 0.2) is 53.5 Å². The van der Waals surface area contributed by atoms with Crippen LogP contribution in [0.2, 0.25) is 5.02 Å². The minimum Gasteiger partial charge on any atom is -0.493 e. The van der Waals surface area contributed by atoms with Crippen LogP contribution >= 0.6 is 11.6 Å². The van der Waals surface area contributed by atoms with Crippen molar-refractivity contribution in [2.75, 3.05) is 0 Å². The van der Waals surface area contributed by atoms with Gasteiger partial charge < -0.3 is 5.11 Å². The molecule has 0 unspecified atom stereocenters. The van der Waals surface area contributed by atoms with Gasteiger partial charge in [-0.3, -0.25) is 4.79 Å². The van der Waals surface area contributed by atoms with Gasteiger partial charge in [0.2, 0.25) is 5.88 Å². The van der Waals surface area contributed by atoms with E-state index < -0.39 is 34.7 Å². The minimum absolute atomic E-state index is 0.238. The number of halogens is 3. The van der Waals surface area contributed by atoms with Crippen molar-refractivity contribution in [3.05, 3.63) is 81.4 Å². The maximum Gasteiger partial charge on any atom is 0.342 e. The molecule has 2 aromatic carbocycles. The minimum atomic E-state index is -1.22. The second-order valence-corrected chi connectivity index (χ2v) is 5.29. The van der Waals surface area contributed by atoms with Crippen LogP contribution in [0.3, 0.4) is 0 Å². The highest BCUT2D eigenvalue weighted by atomic mass is 35.5. The van der Waals surface area contributed by atoms with Crippen LogP contribution in [-0.4, -0.2) is 20.1 Å². The van der Waals surface area contributed by atoms with Crippen molar-refractivity contribution in [3.63, 3.8) is 0 Å². The summed E-state index contributed by atoms with van der Waals surface area (Å²) in [5.74, 6) is -4.00. The maximum absolute atomic E-state index is 13.7. The third-order valence-electron chi connectivity index (χ3n) is 3.35. The molecular formula is C16H9ClF2N2O3. The Morgan fingerprint density at radius 1 is 1.04 bits per heavy atom. The summed E-state index contributed by atoms with van der Waals surface area (Å²) in [5.41, 5.74) is -1.61. The molecule has 0 spiro atoms. The van der Waals surface area contributed by atoms with Gasteiger partial charge in [-0.2, -0.15) is 0 Å². The third-order valence-corrected chi connectivity index (χ3v) is 3.60. The number of benzene rings is 2. The molecule has 0 atom stereocenters. The van der Waals surface area contributed by atoms with Crippen molar-refractivity contribution in [1.29, 1.82) is 0 Å². The Balaban J connectivity index is 2.14. The van der Waals surface area contributed by atoms with Crippen LogP contribution in [-0.2, 0) is 0 Å². The predicted molar refractivity (Wildman–Crippen MR) is 82.8 cm³/mol. The molecule has 24 heavy (non-hydrogen) atoms. The van der Waals surface area contributed by atoms with Gasteiger partial charge in [-0.05, 0) is 36.4 Å². The molecule has 8 heteroatoms. The fourth-order valence-corrected chi connectivity index (χ4v) is 2.36. The zero-order chi connectivity index (χ0) is 17.4. The molecule has 0 saturated carbocycles. The normalized spacial score (nSPS) is 10.8. The zero-order valence-corrected chi connectivity index (χ0v) is 12.7. The lowest BCUT2D eigenvalue weighted by atomic mass is 10.2. The second kappa shape index (κ2) is 5.93. The first-order valence-electron chi connectivity index (χ1n) is 6.68. The van der Waals surface area contributed by atoms with Gasteiger partial charge in [-0.1, -0.05) is 17.7 Å². The quantitative estimate of drug-likeness (QED) is 0.773. The van der Waals surface area contributed by atoms with Gasteiger partial charge >= 0.3 is 5.69 Å². The molecule has 0 amide bonds. The number of hydrogen-bond donors (Lipinski definition) is 1. The SMILES string of the molecule is O=C(c1c(F)cccc1F)n1cc(O)n(-c2ccc(Cl)cc2)c1=O.